The van der Waals surface area contributed by atoms with Gasteiger partial charge in [-0.3, -0.25) is 0 Å². The zero-order valence-corrected chi connectivity index (χ0v) is 16.0. The van der Waals surface area contributed by atoms with Crippen molar-refractivity contribution >= 4 is 27.4 Å². The van der Waals surface area contributed by atoms with Crippen molar-refractivity contribution in [2.75, 3.05) is 25.0 Å². The first-order valence-corrected chi connectivity index (χ1v) is 9.89. The smallest absolute Gasteiger partial charge is 0.138 e. The van der Waals surface area contributed by atoms with E-state index in [9.17, 15) is 0 Å². The van der Waals surface area contributed by atoms with Gasteiger partial charge in [0.05, 0.1) is 18.1 Å². The topological polar surface area (TPSA) is 73.1 Å². The molecule has 136 valence electrons. The maximum Gasteiger partial charge on any atom is 0.138 e. The summed E-state index contributed by atoms with van der Waals surface area (Å²) in [6.07, 6.45) is 1.71. The lowest BCUT2D eigenvalue weighted by Gasteiger charge is -2.26. The van der Waals surface area contributed by atoms with Gasteiger partial charge in [-0.1, -0.05) is 24.3 Å². The molecule has 0 saturated heterocycles. The van der Waals surface area contributed by atoms with E-state index in [4.69, 9.17) is 20.4 Å². The molecule has 1 atom stereocenters. The molecule has 5 nitrogen and oxygen atoms in total. The van der Waals surface area contributed by atoms with Gasteiger partial charge in [0, 0.05) is 17.8 Å². The van der Waals surface area contributed by atoms with Crippen molar-refractivity contribution in [2.24, 2.45) is 5.73 Å². The van der Waals surface area contributed by atoms with Crippen LogP contribution in [0.25, 0.3) is 10.2 Å². The number of benzene rings is 1. The number of nitrogens with one attached hydrogen (secondary N) is 1. The number of nitrogens with zero attached hydrogens (tertiary/aromatic N) is 2. The van der Waals surface area contributed by atoms with E-state index in [1.807, 2.05) is 0 Å². The monoisotopic (exact) mass is 368 g/mol. The number of aromatic nitrogens is 2. The van der Waals surface area contributed by atoms with Crippen LogP contribution in [-0.4, -0.2) is 29.7 Å². The van der Waals surface area contributed by atoms with Gasteiger partial charge in [0.1, 0.15) is 16.5 Å². The van der Waals surface area contributed by atoms with Crippen molar-refractivity contribution < 1.29 is 4.74 Å². The van der Waals surface area contributed by atoms with Crippen LogP contribution in [0.1, 0.15) is 33.5 Å². The Hall–Kier alpha value is -2.02. The molecule has 0 radical (unpaired) electrons. The maximum absolute atomic E-state index is 6.03. The number of thiophene rings is 1. The SMILES string of the molecule is Cc1sc2nc(CCN)nc(NC[C@H]3OCCc4ccccc43)c2c1C. The lowest BCUT2D eigenvalue weighted by atomic mass is 9.97. The van der Waals surface area contributed by atoms with Gasteiger partial charge in [-0.15, -0.1) is 11.3 Å². The summed E-state index contributed by atoms with van der Waals surface area (Å²) in [6.45, 7) is 6.27. The van der Waals surface area contributed by atoms with E-state index in [-0.39, 0.29) is 6.10 Å². The third-order valence-electron chi connectivity index (χ3n) is 4.99. The Morgan fingerprint density at radius 3 is 2.96 bits per heavy atom. The van der Waals surface area contributed by atoms with E-state index in [1.165, 1.54) is 21.6 Å². The summed E-state index contributed by atoms with van der Waals surface area (Å²) in [6, 6.07) is 8.53. The molecule has 1 aliphatic rings. The van der Waals surface area contributed by atoms with Gasteiger partial charge in [-0.05, 0) is 43.5 Å². The third-order valence-corrected chi connectivity index (χ3v) is 6.09. The molecule has 0 aliphatic carbocycles. The molecule has 0 saturated carbocycles. The highest BCUT2D eigenvalue weighted by Crippen LogP contribution is 2.34. The summed E-state index contributed by atoms with van der Waals surface area (Å²) in [5, 5.41) is 4.66. The van der Waals surface area contributed by atoms with E-state index < -0.39 is 0 Å². The van der Waals surface area contributed by atoms with Crippen LogP contribution in [0.2, 0.25) is 0 Å². The van der Waals surface area contributed by atoms with Gasteiger partial charge in [0.15, 0.2) is 0 Å². The number of nitrogens with two attached hydrogens (primary N) is 1. The fraction of sp³-hybridized carbons (Fsp3) is 0.400. The Kier molecular flexibility index (Phi) is 4.89. The standard InChI is InChI=1S/C20H24N4OS/c1-12-13(2)26-20-18(12)19(23-17(24-20)7-9-21)22-11-16-15-6-4-3-5-14(15)8-10-25-16/h3-6,16H,7-11,21H2,1-2H3,(H,22,23,24)/t16-/m1/s1. The summed E-state index contributed by atoms with van der Waals surface area (Å²) in [7, 11) is 0. The minimum absolute atomic E-state index is 0.0444. The average Bonchev–Trinajstić information content (AvgIpc) is 2.94. The van der Waals surface area contributed by atoms with Crippen LogP contribution in [0.4, 0.5) is 5.82 Å². The molecule has 1 aliphatic heterocycles. The fourth-order valence-corrected chi connectivity index (χ4v) is 4.55. The molecule has 3 heterocycles. The molecule has 0 amide bonds. The summed E-state index contributed by atoms with van der Waals surface area (Å²) < 4.78 is 6.03. The number of hydrogen-bond acceptors (Lipinski definition) is 6. The Bertz CT molecular complexity index is 937. The molecule has 1 aromatic carbocycles. The van der Waals surface area contributed by atoms with Crippen molar-refractivity contribution in [2.45, 2.75) is 32.8 Å². The first-order valence-electron chi connectivity index (χ1n) is 9.07. The van der Waals surface area contributed by atoms with Crippen LogP contribution in [0.5, 0.6) is 0 Å². The van der Waals surface area contributed by atoms with E-state index in [2.05, 4.69) is 43.4 Å². The third kappa shape index (κ3) is 3.20. The summed E-state index contributed by atoms with van der Waals surface area (Å²) in [5.41, 5.74) is 9.62. The van der Waals surface area contributed by atoms with Crippen LogP contribution in [0, 0.1) is 13.8 Å². The van der Waals surface area contributed by atoms with Crippen LogP contribution in [0.3, 0.4) is 0 Å². The van der Waals surface area contributed by atoms with Gasteiger partial charge >= 0.3 is 0 Å². The second-order valence-electron chi connectivity index (χ2n) is 6.68. The molecule has 3 N–H and O–H groups in total. The molecule has 3 aromatic rings. The maximum atomic E-state index is 6.03. The normalized spacial score (nSPS) is 16.7. The molecule has 0 fully saturated rings. The second kappa shape index (κ2) is 7.31. The first-order chi connectivity index (χ1) is 12.7. The molecule has 26 heavy (non-hydrogen) atoms. The molecule has 0 bridgehead atoms. The van der Waals surface area contributed by atoms with Crippen molar-refractivity contribution in [3.8, 4) is 0 Å². The zero-order valence-electron chi connectivity index (χ0n) is 15.2. The molecule has 0 spiro atoms. The van der Waals surface area contributed by atoms with Gasteiger partial charge in [-0.25, -0.2) is 9.97 Å². The Labute approximate surface area is 157 Å². The number of ether oxygens (including phenoxy) is 1. The van der Waals surface area contributed by atoms with Gasteiger partial charge in [0.25, 0.3) is 0 Å². The van der Waals surface area contributed by atoms with Crippen LogP contribution in [0.15, 0.2) is 24.3 Å². The van der Waals surface area contributed by atoms with E-state index in [0.717, 1.165) is 34.9 Å². The van der Waals surface area contributed by atoms with Crippen LogP contribution >= 0.6 is 11.3 Å². The lowest BCUT2D eigenvalue weighted by molar-refractivity contribution is 0.0513. The van der Waals surface area contributed by atoms with E-state index >= 15 is 0 Å². The Morgan fingerprint density at radius 1 is 1.27 bits per heavy atom. The number of rotatable bonds is 5. The molecular weight excluding hydrogens is 344 g/mol. The Balaban J connectivity index is 1.65. The largest absolute Gasteiger partial charge is 0.371 e. The highest BCUT2D eigenvalue weighted by Gasteiger charge is 2.21. The molecule has 6 heteroatoms. The average molecular weight is 369 g/mol. The fourth-order valence-electron chi connectivity index (χ4n) is 3.50. The van der Waals surface area contributed by atoms with Gasteiger partial charge in [-0.2, -0.15) is 0 Å². The number of hydrogen-bond donors (Lipinski definition) is 2. The van der Waals surface area contributed by atoms with E-state index in [0.29, 0.717) is 19.5 Å². The van der Waals surface area contributed by atoms with Crippen LogP contribution in [-0.2, 0) is 17.6 Å². The summed E-state index contributed by atoms with van der Waals surface area (Å²) >= 11 is 1.72. The summed E-state index contributed by atoms with van der Waals surface area (Å²) in [4.78, 5) is 11.8. The predicted molar refractivity (Wildman–Crippen MR) is 107 cm³/mol. The first kappa shape index (κ1) is 17.4. The highest BCUT2D eigenvalue weighted by molar-refractivity contribution is 7.18. The molecule has 2 aromatic heterocycles. The van der Waals surface area contributed by atoms with Crippen LogP contribution < -0.4 is 11.1 Å². The summed E-state index contributed by atoms with van der Waals surface area (Å²) in [5.74, 6) is 1.70. The van der Waals surface area contributed by atoms with E-state index in [1.54, 1.807) is 11.3 Å². The predicted octanol–water partition coefficient (Wildman–Crippen LogP) is 3.54. The van der Waals surface area contributed by atoms with Crippen molar-refractivity contribution in [1.29, 1.82) is 0 Å². The second-order valence-corrected chi connectivity index (χ2v) is 7.88. The van der Waals surface area contributed by atoms with Crippen molar-refractivity contribution in [3.63, 3.8) is 0 Å². The number of anilines is 1. The highest BCUT2D eigenvalue weighted by atomic mass is 32.1. The van der Waals surface area contributed by atoms with Crippen molar-refractivity contribution in [1.82, 2.24) is 9.97 Å². The molecular formula is C20H24N4OS. The van der Waals surface area contributed by atoms with Gasteiger partial charge in [0.2, 0.25) is 0 Å². The Morgan fingerprint density at radius 2 is 2.12 bits per heavy atom. The minimum atomic E-state index is 0.0444. The number of aryl methyl sites for hydroxylation is 2. The lowest BCUT2D eigenvalue weighted by Crippen LogP contribution is -2.23. The number of fused-ring (bicyclic) bond motifs is 2. The molecule has 4 rings (SSSR count). The zero-order chi connectivity index (χ0) is 18.1. The molecule has 0 unspecified atom stereocenters. The van der Waals surface area contributed by atoms with Crippen molar-refractivity contribution in [3.05, 3.63) is 51.7 Å². The quantitative estimate of drug-likeness (QED) is 0.721. The minimum Gasteiger partial charge on any atom is -0.371 e. The van der Waals surface area contributed by atoms with Gasteiger partial charge < -0.3 is 15.8 Å².